The smallest absolute Gasteiger partial charge is 0.233 e. The van der Waals surface area contributed by atoms with Crippen LogP contribution in [0, 0.1) is 0 Å². The fraction of sp³-hybridized carbons (Fsp3) is 0.438. The van der Waals surface area contributed by atoms with Crippen LogP contribution in [-0.4, -0.2) is 50.7 Å². The molecule has 1 saturated heterocycles. The molecule has 2 aromatic rings. The first-order chi connectivity index (χ1) is 11.7. The normalized spacial score (nSPS) is 22.8. The van der Waals surface area contributed by atoms with Gasteiger partial charge in [0.25, 0.3) is 0 Å². The van der Waals surface area contributed by atoms with Crippen molar-refractivity contribution in [3.63, 3.8) is 0 Å². The summed E-state index contributed by atoms with van der Waals surface area (Å²) in [7, 11) is 0. The average molecular weight is 365 g/mol. The number of fused-ring (bicyclic) bond motifs is 3. The molecule has 126 valence electrons. The molecule has 0 radical (unpaired) electrons. The summed E-state index contributed by atoms with van der Waals surface area (Å²) in [6.45, 7) is 1.90. The van der Waals surface area contributed by atoms with E-state index in [1.165, 1.54) is 11.8 Å². The van der Waals surface area contributed by atoms with Gasteiger partial charge < -0.3 is 9.64 Å². The molecule has 2 aliphatic heterocycles. The lowest BCUT2D eigenvalue weighted by molar-refractivity contribution is -0.135. The van der Waals surface area contributed by atoms with Crippen molar-refractivity contribution in [2.75, 3.05) is 18.8 Å². The quantitative estimate of drug-likeness (QED) is 0.783. The van der Waals surface area contributed by atoms with Crippen LogP contribution in [0.3, 0.4) is 0 Å². The van der Waals surface area contributed by atoms with Crippen LogP contribution in [-0.2, 0) is 16.1 Å². The second-order valence-electron chi connectivity index (χ2n) is 5.96. The molecule has 0 aliphatic carbocycles. The molecule has 3 heterocycles. The lowest BCUT2D eigenvalue weighted by Crippen LogP contribution is -2.50. The van der Waals surface area contributed by atoms with Gasteiger partial charge in [0, 0.05) is 23.0 Å². The number of carbonyl (C=O) groups excluding carboxylic acids is 1. The summed E-state index contributed by atoms with van der Waals surface area (Å²) in [4.78, 5) is 15.5. The Balaban J connectivity index is 1.39. The molecule has 1 aromatic carbocycles. The number of hydrogen-bond donors (Lipinski definition) is 0. The van der Waals surface area contributed by atoms with E-state index in [1.807, 2.05) is 33.8 Å². The van der Waals surface area contributed by atoms with Crippen LogP contribution >= 0.6 is 23.4 Å². The van der Waals surface area contributed by atoms with Crippen molar-refractivity contribution in [2.24, 2.45) is 0 Å². The molecule has 8 heteroatoms. The van der Waals surface area contributed by atoms with Crippen molar-refractivity contribution in [3.8, 4) is 0 Å². The molecule has 2 aliphatic rings. The van der Waals surface area contributed by atoms with Crippen LogP contribution in [0.5, 0.6) is 0 Å². The van der Waals surface area contributed by atoms with E-state index in [2.05, 4.69) is 10.3 Å². The Morgan fingerprint density at radius 2 is 2.21 bits per heavy atom. The Morgan fingerprint density at radius 3 is 3.04 bits per heavy atom. The first kappa shape index (κ1) is 15.9. The average Bonchev–Trinajstić information content (AvgIpc) is 3.09. The van der Waals surface area contributed by atoms with E-state index >= 15 is 0 Å². The van der Waals surface area contributed by atoms with Crippen LogP contribution in [0.4, 0.5) is 0 Å². The van der Waals surface area contributed by atoms with Gasteiger partial charge in [0.2, 0.25) is 5.91 Å². The highest BCUT2D eigenvalue weighted by Gasteiger charge is 2.37. The third kappa shape index (κ3) is 3.16. The monoisotopic (exact) mass is 364 g/mol. The SMILES string of the molecule is O=C(CSc1ccc(Cl)cc1)N1CC[C@H]2OCc3cnnn3[C@@H]2C1. The Labute approximate surface area is 149 Å². The second kappa shape index (κ2) is 6.74. The van der Waals surface area contributed by atoms with Gasteiger partial charge in [0.05, 0.1) is 36.4 Å². The molecule has 6 nitrogen and oxygen atoms in total. The van der Waals surface area contributed by atoms with Gasteiger partial charge in [0.1, 0.15) is 0 Å². The Kier molecular flexibility index (Phi) is 4.47. The van der Waals surface area contributed by atoms with E-state index in [-0.39, 0.29) is 18.1 Å². The largest absolute Gasteiger partial charge is 0.370 e. The Morgan fingerprint density at radius 1 is 1.38 bits per heavy atom. The van der Waals surface area contributed by atoms with Crippen molar-refractivity contribution in [1.82, 2.24) is 19.9 Å². The lowest BCUT2D eigenvalue weighted by atomic mass is 10.0. The lowest BCUT2D eigenvalue weighted by Gasteiger charge is -2.41. The Hall–Kier alpha value is -1.57. The molecular weight excluding hydrogens is 348 g/mol. The number of amides is 1. The molecule has 4 rings (SSSR count). The first-order valence-corrected chi connectivity index (χ1v) is 9.24. The molecule has 1 aromatic heterocycles. The van der Waals surface area contributed by atoms with Gasteiger partial charge in [-0.25, -0.2) is 4.68 Å². The summed E-state index contributed by atoms with van der Waals surface area (Å²) in [6, 6.07) is 7.61. The molecule has 0 bridgehead atoms. The first-order valence-electron chi connectivity index (χ1n) is 7.87. The minimum absolute atomic E-state index is 0.0643. The number of hydrogen-bond acceptors (Lipinski definition) is 5. The maximum Gasteiger partial charge on any atom is 0.233 e. The van der Waals surface area contributed by atoms with Crippen LogP contribution in [0.2, 0.25) is 5.02 Å². The number of halogens is 1. The summed E-state index contributed by atoms with van der Waals surface area (Å²) >= 11 is 7.41. The number of piperidine rings is 1. The van der Waals surface area contributed by atoms with Crippen molar-refractivity contribution < 1.29 is 9.53 Å². The number of likely N-dealkylation sites (tertiary alicyclic amines) is 1. The van der Waals surface area contributed by atoms with E-state index in [1.54, 1.807) is 6.20 Å². The summed E-state index contributed by atoms with van der Waals surface area (Å²) in [5.41, 5.74) is 0.973. The highest BCUT2D eigenvalue weighted by molar-refractivity contribution is 8.00. The molecule has 0 spiro atoms. The zero-order valence-corrected chi connectivity index (χ0v) is 14.5. The van der Waals surface area contributed by atoms with Crippen molar-refractivity contribution in [3.05, 3.63) is 41.2 Å². The zero-order chi connectivity index (χ0) is 16.5. The number of rotatable bonds is 3. The van der Waals surface area contributed by atoms with E-state index < -0.39 is 0 Å². The summed E-state index contributed by atoms with van der Waals surface area (Å²) in [5, 5.41) is 8.83. The minimum atomic E-state index is 0.0643. The highest BCUT2D eigenvalue weighted by atomic mass is 35.5. The molecule has 0 saturated carbocycles. The number of nitrogens with zero attached hydrogens (tertiary/aromatic N) is 4. The van der Waals surface area contributed by atoms with Gasteiger partial charge in [-0.05, 0) is 30.7 Å². The number of aromatic nitrogens is 3. The predicted octanol–water partition coefficient (Wildman–Crippen LogP) is 2.40. The van der Waals surface area contributed by atoms with E-state index in [9.17, 15) is 4.79 Å². The fourth-order valence-electron chi connectivity index (χ4n) is 3.17. The molecule has 24 heavy (non-hydrogen) atoms. The summed E-state index contributed by atoms with van der Waals surface area (Å²) in [5.74, 6) is 0.560. The number of carbonyl (C=O) groups is 1. The van der Waals surface area contributed by atoms with Crippen molar-refractivity contribution >= 4 is 29.3 Å². The Bertz CT molecular complexity index is 736. The van der Waals surface area contributed by atoms with E-state index in [0.717, 1.165) is 23.6 Å². The molecule has 2 atom stereocenters. The third-order valence-corrected chi connectivity index (χ3v) is 5.71. The number of benzene rings is 1. The van der Waals surface area contributed by atoms with Crippen LogP contribution in [0.1, 0.15) is 18.2 Å². The topological polar surface area (TPSA) is 60.3 Å². The van der Waals surface area contributed by atoms with E-state index in [0.29, 0.717) is 23.9 Å². The van der Waals surface area contributed by atoms with Crippen LogP contribution in [0.15, 0.2) is 35.4 Å². The maximum atomic E-state index is 12.6. The van der Waals surface area contributed by atoms with E-state index in [4.69, 9.17) is 16.3 Å². The van der Waals surface area contributed by atoms with Gasteiger partial charge in [-0.1, -0.05) is 16.8 Å². The van der Waals surface area contributed by atoms with Gasteiger partial charge in [-0.15, -0.1) is 16.9 Å². The molecular formula is C16H17ClN4O2S. The van der Waals surface area contributed by atoms with Crippen LogP contribution in [0.25, 0.3) is 0 Å². The zero-order valence-electron chi connectivity index (χ0n) is 13.0. The van der Waals surface area contributed by atoms with Gasteiger partial charge in [-0.3, -0.25) is 4.79 Å². The molecule has 1 amide bonds. The molecule has 1 fully saturated rings. The highest BCUT2D eigenvalue weighted by Crippen LogP contribution is 2.30. The maximum absolute atomic E-state index is 12.6. The van der Waals surface area contributed by atoms with Gasteiger partial charge in [0.15, 0.2) is 0 Å². The second-order valence-corrected chi connectivity index (χ2v) is 7.44. The minimum Gasteiger partial charge on any atom is -0.370 e. The number of thioether (sulfide) groups is 1. The van der Waals surface area contributed by atoms with Crippen molar-refractivity contribution in [2.45, 2.75) is 30.1 Å². The van der Waals surface area contributed by atoms with Gasteiger partial charge in [-0.2, -0.15) is 0 Å². The van der Waals surface area contributed by atoms with Crippen molar-refractivity contribution in [1.29, 1.82) is 0 Å². The standard InChI is InChI=1S/C16H17ClN4O2S/c17-11-1-3-13(4-2-11)24-10-16(22)20-6-5-15-14(8-20)21-12(9-23-15)7-18-19-21/h1-4,7,14-15H,5-6,8-10H2/t14-,15-/m1/s1. The predicted molar refractivity (Wildman–Crippen MR) is 91.0 cm³/mol. The third-order valence-electron chi connectivity index (χ3n) is 4.46. The fourth-order valence-corrected chi connectivity index (χ4v) is 4.10. The molecule has 0 N–H and O–H groups in total. The van der Waals surface area contributed by atoms with Crippen LogP contribution < -0.4 is 0 Å². The summed E-state index contributed by atoms with van der Waals surface area (Å²) in [6.07, 6.45) is 2.68. The molecule has 0 unspecified atom stereocenters. The number of ether oxygens (including phenoxy) is 1. The van der Waals surface area contributed by atoms with Gasteiger partial charge >= 0.3 is 0 Å². The summed E-state index contributed by atoms with van der Waals surface area (Å²) < 4.78 is 7.80.